The second-order valence-corrected chi connectivity index (χ2v) is 2.00. The minimum Gasteiger partial charge on any atom is -0.280 e. The van der Waals surface area contributed by atoms with Crippen LogP contribution in [0.25, 0.3) is 0 Å². The van der Waals surface area contributed by atoms with E-state index in [-0.39, 0.29) is 0 Å². The minimum atomic E-state index is -0.401. The molecular formula is C4H9N3OS. The third kappa shape index (κ3) is 5.19. The fourth-order valence-corrected chi connectivity index (χ4v) is 0.587. The van der Waals surface area contributed by atoms with Gasteiger partial charge in [-0.3, -0.25) is 10.1 Å². The van der Waals surface area contributed by atoms with Gasteiger partial charge in [0.25, 0.3) is 0 Å². The lowest BCUT2D eigenvalue weighted by molar-refractivity contribution is 0.247. The van der Waals surface area contributed by atoms with Gasteiger partial charge in [0.1, 0.15) is 0 Å². The highest BCUT2D eigenvalue weighted by molar-refractivity contribution is 7.98. The third-order valence-electron chi connectivity index (χ3n) is 0.497. The molecule has 0 spiro atoms. The maximum atomic E-state index is 10.3. The van der Waals surface area contributed by atoms with Crippen LogP contribution in [0, 0.1) is 0 Å². The van der Waals surface area contributed by atoms with E-state index < -0.39 is 6.03 Å². The van der Waals surface area contributed by atoms with E-state index in [0.29, 0.717) is 5.75 Å². The molecule has 0 aliphatic heterocycles. The maximum Gasteiger partial charge on any atom is 0.338 e. The Hall–Kier alpha value is -0.680. The lowest BCUT2D eigenvalue weighted by Gasteiger charge is -1.98. The lowest BCUT2D eigenvalue weighted by Crippen LogP contribution is -2.36. The largest absolute Gasteiger partial charge is 0.338 e. The van der Waals surface area contributed by atoms with Gasteiger partial charge in [-0.1, -0.05) is 6.08 Å². The Kier molecular flexibility index (Phi) is 5.04. The number of hydrogen-bond donors (Lipinski definition) is 3. The fourth-order valence-electron chi connectivity index (χ4n) is 0.196. The molecule has 0 aliphatic carbocycles. The summed E-state index contributed by atoms with van der Waals surface area (Å²) in [6.45, 7) is 3.46. The van der Waals surface area contributed by atoms with Crippen molar-refractivity contribution >= 4 is 18.0 Å². The van der Waals surface area contributed by atoms with Gasteiger partial charge in [0.15, 0.2) is 0 Å². The standard InChI is InChI=1S/C4H9N3OS/c1-2-3-9-7-4(8)6-5/h2H,1,3,5H2,(H2,6,7,8). The number of amides is 2. The topological polar surface area (TPSA) is 67.2 Å². The van der Waals surface area contributed by atoms with Crippen molar-refractivity contribution in [2.24, 2.45) is 5.84 Å². The molecule has 0 fully saturated rings. The molecule has 0 aromatic rings. The van der Waals surface area contributed by atoms with Crippen LogP contribution in [-0.2, 0) is 0 Å². The SMILES string of the molecule is C=CCSNC(=O)NN. The Labute approximate surface area is 58.0 Å². The summed E-state index contributed by atoms with van der Waals surface area (Å²) >= 11 is 1.23. The quantitative estimate of drug-likeness (QED) is 0.131. The van der Waals surface area contributed by atoms with Gasteiger partial charge in [-0.05, 0) is 11.9 Å². The van der Waals surface area contributed by atoms with Crippen LogP contribution in [0.15, 0.2) is 12.7 Å². The van der Waals surface area contributed by atoms with Gasteiger partial charge in [-0.2, -0.15) is 0 Å². The first-order valence-electron chi connectivity index (χ1n) is 2.30. The first-order valence-corrected chi connectivity index (χ1v) is 3.29. The Balaban J connectivity index is 3.06. The summed E-state index contributed by atoms with van der Waals surface area (Å²) in [6.07, 6.45) is 1.68. The summed E-state index contributed by atoms with van der Waals surface area (Å²) in [5, 5.41) is 0. The van der Waals surface area contributed by atoms with Crippen LogP contribution in [0.5, 0.6) is 0 Å². The fraction of sp³-hybridized carbons (Fsp3) is 0.250. The highest BCUT2D eigenvalue weighted by atomic mass is 32.2. The normalized spacial score (nSPS) is 8.11. The van der Waals surface area contributed by atoms with E-state index in [4.69, 9.17) is 5.84 Å². The van der Waals surface area contributed by atoms with Crippen LogP contribution in [0.4, 0.5) is 4.79 Å². The van der Waals surface area contributed by atoms with Crippen LogP contribution >= 0.6 is 11.9 Å². The molecule has 0 aliphatic rings. The molecule has 0 bridgehead atoms. The molecule has 0 saturated carbocycles. The molecule has 5 heteroatoms. The molecule has 0 radical (unpaired) electrons. The van der Waals surface area contributed by atoms with Gasteiger partial charge >= 0.3 is 6.03 Å². The molecule has 0 aromatic carbocycles. The Morgan fingerprint density at radius 3 is 3.00 bits per heavy atom. The summed E-state index contributed by atoms with van der Waals surface area (Å²) in [6, 6.07) is -0.401. The van der Waals surface area contributed by atoms with Crippen molar-refractivity contribution in [1.29, 1.82) is 0 Å². The summed E-state index contributed by atoms with van der Waals surface area (Å²) < 4.78 is 2.40. The van der Waals surface area contributed by atoms with E-state index in [1.165, 1.54) is 11.9 Å². The van der Waals surface area contributed by atoms with Crippen molar-refractivity contribution in [3.8, 4) is 0 Å². The average Bonchev–Trinajstić information content (AvgIpc) is 1.89. The molecule has 4 N–H and O–H groups in total. The summed E-state index contributed by atoms with van der Waals surface area (Å²) in [5.74, 6) is 5.43. The molecule has 0 rings (SSSR count). The van der Waals surface area contributed by atoms with Crippen LogP contribution < -0.4 is 16.0 Å². The van der Waals surface area contributed by atoms with Gasteiger partial charge in [-0.25, -0.2) is 10.6 Å². The number of nitrogens with two attached hydrogens (primary N) is 1. The zero-order valence-electron chi connectivity index (χ0n) is 4.89. The van der Waals surface area contributed by atoms with Crippen LogP contribution in [-0.4, -0.2) is 11.8 Å². The van der Waals surface area contributed by atoms with E-state index in [1.54, 1.807) is 6.08 Å². The van der Waals surface area contributed by atoms with Crippen molar-refractivity contribution < 1.29 is 4.79 Å². The van der Waals surface area contributed by atoms with Crippen molar-refractivity contribution in [3.05, 3.63) is 12.7 Å². The minimum absolute atomic E-state index is 0.401. The van der Waals surface area contributed by atoms with Crippen molar-refractivity contribution in [2.45, 2.75) is 0 Å². The third-order valence-corrected chi connectivity index (χ3v) is 1.23. The van der Waals surface area contributed by atoms with E-state index >= 15 is 0 Å². The summed E-state index contributed by atoms with van der Waals surface area (Å²) in [5.41, 5.74) is 1.92. The summed E-state index contributed by atoms with van der Waals surface area (Å²) in [7, 11) is 0. The van der Waals surface area contributed by atoms with Crippen LogP contribution in [0.3, 0.4) is 0 Å². The Bertz CT molecular complexity index is 106. The predicted molar refractivity (Wildman–Crippen MR) is 38.5 cm³/mol. The smallest absolute Gasteiger partial charge is 0.280 e. The lowest BCUT2D eigenvalue weighted by atomic mass is 10.8. The Morgan fingerprint density at radius 2 is 2.56 bits per heavy atom. The Morgan fingerprint density at radius 1 is 1.89 bits per heavy atom. The molecule has 52 valence electrons. The zero-order chi connectivity index (χ0) is 7.11. The van der Waals surface area contributed by atoms with Gasteiger partial charge in [0.05, 0.1) is 0 Å². The first-order chi connectivity index (χ1) is 4.31. The number of rotatable bonds is 3. The van der Waals surface area contributed by atoms with E-state index in [0.717, 1.165) is 0 Å². The number of carbonyl (C=O) groups is 1. The van der Waals surface area contributed by atoms with E-state index in [2.05, 4.69) is 11.3 Å². The van der Waals surface area contributed by atoms with Gasteiger partial charge < -0.3 is 0 Å². The monoisotopic (exact) mass is 147 g/mol. The second-order valence-electron chi connectivity index (χ2n) is 1.18. The average molecular weight is 147 g/mol. The number of hydrazine groups is 1. The predicted octanol–water partition coefficient (Wildman–Crippen LogP) is -0.00650. The number of carbonyl (C=O) groups excluding carboxylic acids is 1. The first kappa shape index (κ1) is 8.32. The number of urea groups is 1. The molecule has 0 aromatic heterocycles. The molecule has 4 nitrogen and oxygen atoms in total. The molecule has 0 unspecified atom stereocenters. The highest BCUT2D eigenvalue weighted by Gasteiger charge is 1.91. The van der Waals surface area contributed by atoms with E-state index in [9.17, 15) is 4.79 Å². The molecule has 0 atom stereocenters. The molecular weight excluding hydrogens is 138 g/mol. The molecule has 2 amide bonds. The second kappa shape index (κ2) is 5.46. The van der Waals surface area contributed by atoms with Crippen molar-refractivity contribution in [3.63, 3.8) is 0 Å². The van der Waals surface area contributed by atoms with E-state index in [1.807, 2.05) is 5.43 Å². The summed E-state index contributed by atoms with van der Waals surface area (Å²) in [4.78, 5) is 10.3. The molecule has 9 heavy (non-hydrogen) atoms. The highest BCUT2D eigenvalue weighted by Crippen LogP contribution is 1.90. The van der Waals surface area contributed by atoms with Gasteiger partial charge in [-0.15, -0.1) is 6.58 Å². The number of hydrogen-bond acceptors (Lipinski definition) is 3. The van der Waals surface area contributed by atoms with Gasteiger partial charge in [0.2, 0.25) is 0 Å². The molecule has 0 saturated heterocycles. The molecule has 0 heterocycles. The van der Waals surface area contributed by atoms with Crippen molar-refractivity contribution in [2.75, 3.05) is 5.75 Å². The van der Waals surface area contributed by atoms with Gasteiger partial charge in [0, 0.05) is 5.75 Å². The maximum absolute atomic E-state index is 10.3. The van der Waals surface area contributed by atoms with Crippen molar-refractivity contribution in [1.82, 2.24) is 10.1 Å². The van der Waals surface area contributed by atoms with Crippen LogP contribution in [0.2, 0.25) is 0 Å². The van der Waals surface area contributed by atoms with Crippen LogP contribution in [0.1, 0.15) is 0 Å². The zero-order valence-corrected chi connectivity index (χ0v) is 5.70. The number of nitrogens with one attached hydrogen (secondary N) is 2.